The third-order valence-corrected chi connectivity index (χ3v) is 7.40. The minimum Gasteiger partial charge on any atom is -0.308 e. The van der Waals surface area contributed by atoms with E-state index in [9.17, 15) is 9.77 Å². The minimum absolute atomic E-state index is 0.267. The molecule has 0 bridgehead atoms. The van der Waals surface area contributed by atoms with E-state index in [1.165, 1.54) is 0 Å². The number of hydroxylamine groups is 2. The standard InChI is InChI=1S/C14H29NO4P/c1-8-18-20(17,19-9-2)14(12(3,4)5)11-10-13(6,7)15(14)16/h8-11H2,1-7H3. The zero-order valence-electron chi connectivity index (χ0n) is 13.9. The number of rotatable bonds is 5. The second-order valence-electron chi connectivity index (χ2n) is 7.01. The van der Waals surface area contributed by atoms with Crippen LogP contribution in [0.1, 0.15) is 61.3 Å². The molecule has 119 valence electrons. The quantitative estimate of drug-likeness (QED) is 0.714. The van der Waals surface area contributed by atoms with Gasteiger partial charge in [-0.05, 0) is 46.0 Å². The summed E-state index contributed by atoms with van der Waals surface area (Å²) in [5.74, 6) is 0. The zero-order valence-corrected chi connectivity index (χ0v) is 14.8. The molecule has 0 spiro atoms. The molecule has 1 saturated heterocycles. The van der Waals surface area contributed by atoms with Gasteiger partial charge in [0.1, 0.15) is 0 Å². The molecule has 0 amide bonds. The van der Waals surface area contributed by atoms with Crippen molar-refractivity contribution in [1.82, 2.24) is 5.06 Å². The van der Waals surface area contributed by atoms with E-state index in [1.54, 1.807) is 13.8 Å². The summed E-state index contributed by atoms with van der Waals surface area (Å²) in [7, 11) is -3.54. The molecule has 0 aromatic carbocycles. The third kappa shape index (κ3) is 2.59. The third-order valence-electron chi connectivity index (χ3n) is 4.22. The van der Waals surface area contributed by atoms with Gasteiger partial charge in [0.15, 0.2) is 5.28 Å². The average Bonchev–Trinajstić information content (AvgIpc) is 2.52. The predicted octanol–water partition coefficient (Wildman–Crippen LogP) is 4.21. The Morgan fingerprint density at radius 3 is 1.80 bits per heavy atom. The monoisotopic (exact) mass is 306 g/mol. The van der Waals surface area contributed by atoms with Crippen molar-refractivity contribution in [2.24, 2.45) is 5.41 Å². The highest BCUT2D eigenvalue weighted by Crippen LogP contribution is 2.72. The molecule has 0 N–H and O–H groups in total. The fourth-order valence-corrected chi connectivity index (χ4v) is 6.00. The number of nitrogens with zero attached hydrogens (tertiary/aromatic N) is 1. The summed E-state index contributed by atoms with van der Waals surface area (Å²) in [5.41, 5.74) is -1.07. The number of hydrogen-bond acceptors (Lipinski definition) is 4. The Labute approximate surface area is 123 Å². The summed E-state index contributed by atoms with van der Waals surface area (Å²) in [6, 6.07) is 0. The molecule has 1 atom stereocenters. The summed E-state index contributed by atoms with van der Waals surface area (Å²) in [4.78, 5) is 0. The first-order chi connectivity index (χ1) is 8.98. The van der Waals surface area contributed by atoms with Crippen LogP contribution in [-0.2, 0) is 18.8 Å². The van der Waals surface area contributed by atoms with Gasteiger partial charge in [-0.25, -0.2) is 0 Å². The van der Waals surface area contributed by atoms with Crippen LogP contribution in [0, 0.1) is 5.41 Å². The van der Waals surface area contributed by atoms with Crippen molar-refractivity contribution in [3.8, 4) is 0 Å². The van der Waals surface area contributed by atoms with E-state index >= 15 is 0 Å². The van der Waals surface area contributed by atoms with Gasteiger partial charge in [-0.2, -0.15) is 0 Å². The van der Waals surface area contributed by atoms with Crippen LogP contribution < -0.4 is 0 Å². The molecule has 1 aliphatic rings. The van der Waals surface area contributed by atoms with Crippen LogP contribution in [0.5, 0.6) is 0 Å². The highest BCUT2D eigenvalue weighted by atomic mass is 31.2. The van der Waals surface area contributed by atoms with Gasteiger partial charge < -0.3 is 9.05 Å². The van der Waals surface area contributed by atoms with E-state index in [1.807, 2.05) is 34.6 Å². The van der Waals surface area contributed by atoms with Crippen molar-refractivity contribution < 1.29 is 18.8 Å². The van der Waals surface area contributed by atoms with Gasteiger partial charge in [0, 0.05) is 5.54 Å². The van der Waals surface area contributed by atoms with E-state index in [2.05, 4.69) is 0 Å². The van der Waals surface area contributed by atoms with Gasteiger partial charge in [0.2, 0.25) is 0 Å². The van der Waals surface area contributed by atoms with Crippen LogP contribution in [0.25, 0.3) is 0 Å². The Morgan fingerprint density at radius 1 is 1.10 bits per heavy atom. The Morgan fingerprint density at radius 2 is 1.55 bits per heavy atom. The highest BCUT2D eigenvalue weighted by Gasteiger charge is 2.68. The summed E-state index contributed by atoms with van der Waals surface area (Å²) < 4.78 is 24.5. The zero-order chi connectivity index (χ0) is 15.8. The molecule has 0 saturated carbocycles. The lowest BCUT2D eigenvalue weighted by Gasteiger charge is -2.48. The average molecular weight is 306 g/mol. The first-order valence-corrected chi connectivity index (χ1v) is 8.89. The lowest BCUT2D eigenvalue weighted by atomic mass is 9.85. The maximum Gasteiger partial charge on any atom is 0.353 e. The molecule has 1 unspecified atom stereocenters. The van der Waals surface area contributed by atoms with Crippen LogP contribution in [0.4, 0.5) is 0 Å². The Balaban J connectivity index is 3.44. The van der Waals surface area contributed by atoms with Crippen LogP contribution in [0.2, 0.25) is 0 Å². The summed E-state index contributed by atoms with van der Waals surface area (Å²) in [5, 5.41) is 12.8. The van der Waals surface area contributed by atoms with Gasteiger partial charge in [-0.1, -0.05) is 20.8 Å². The van der Waals surface area contributed by atoms with Crippen LogP contribution in [0.15, 0.2) is 0 Å². The summed E-state index contributed by atoms with van der Waals surface area (Å²) in [6.07, 6.45) is 1.20. The molecule has 1 rings (SSSR count). The summed E-state index contributed by atoms with van der Waals surface area (Å²) >= 11 is 0. The van der Waals surface area contributed by atoms with E-state index in [0.717, 1.165) is 5.06 Å². The molecule has 1 aliphatic heterocycles. The largest absolute Gasteiger partial charge is 0.353 e. The van der Waals surface area contributed by atoms with Crippen molar-refractivity contribution in [2.45, 2.75) is 72.1 Å². The fourth-order valence-electron chi connectivity index (χ4n) is 3.11. The molecule has 6 heteroatoms. The van der Waals surface area contributed by atoms with Crippen molar-refractivity contribution in [2.75, 3.05) is 13.2 Å². The van der Waals surface area contributed by atoms with Gasteiger partial charge in [0.25, 0.3) is 0 Å². The Hall–Kier alpha value is 0.0700. The van der Waals surface area contributed by atoms with E-state index < -0.39 is 23.8 Å². The Bertz CT molecular complexity index is 381. The van der Waals surface area contributed by atoms with E-state index in [0.29, 0.717) is 12.8 Å². The molecular formula is C14H29NO4P. The molecule has 1 radical (unpaired) electrons. The molecule has 0 aromatic heterocycles. The predicted molar refractivity (Wildman–Crippen MR) is 78.9 cm³/mol. The van der Waals surface area contributed by atoms with Crippen LogP contribution in [0.3, 0.4) is 0 Å². The molecule has 0 aromatic rings. The van der Waals surface area contributed by atoms with E-state index in [-0.39, 0.29) is 13.2 Å². The lowest BCUT2D eigenvalue weighted by molar-refractivity contribution is -0.255. The Kier molecular flexibility index (Phi) is 5.16. The highest BCUT2D eigenvalue weighted by molar-refractivity contribution is 7.55. The molecule has 0 aliphatic carbocycles. The van der Waals surface area contributed by atoms with Crippen molar-refractivity contribution in [3.05, 3.63) is 0 Å². The topological polar surface area (TPSA) is 58.7 Å². The normalized spacial score (nSPS) is 28.0. The SMILES string of the molecule is CCOP(=O)(OCC)C1(C(C)(C)C)CCC(C)(C)N1[O]. The van der Waals surface area contributed by atoms with Gasteiger partial charge in [-0.15, -0.1) is 10.3 Å². The number of hydrogen-bond donors (Lipinski definition) is 0. The van der Waals surface area contributed by atoms with E-state index in [4.69, 9.17) is 9.05 Å². The van der Waals surface area contributed by atoms with Gasteiger partial charge >= 0.3 is 7.60 Å². The van der Waals surface area contributed by atoms with Gasteiger partial charge in [-0.3, -0.25) is 4.57 Å². The fraction of sp³-hybridized carbons (Fsp3) is 1.00. The molecule has 1 fully saturated rings. The summed E-state index contributed by atoms with van der Waals surface area (Å²) in [6.45, 7) is 13.7. The minimum atomic E-state index is -3.54. The van der Waals surface area contributed by atoms with Crippen LogP contribution >= 0.6 is 7.60 Å². The molecule has 1 heterocycles. The van der Waals surface area contributed by atoms with Crippen molar-refractivity contribution >= 4 is 7.60 Å². The van der Waals surface area contributed by atoms with Crippen molar-refractivity contribution in [3.63, 3.8) is 0 Å². The first-order valence-electron chi connectivity index (χ1n) is 7.35. The maximum atomic E-state index is 13.4. The lowest BCUT2D eigenvalue weighted by Crippen LogP contribution is -2.56. The molecule has 5 nitrogen and oxygen atoms in total. The van der Waals surface area contributed by atoms with Gasteiger partial charge in [0.05, 0.1) is 13.2 Å². The second-order valence-corrected chi connectivity index (χ2v) is 9.26. The second kappa shape index (κ2) is 5.69. The van der Waals surface area contributed by atoms with Crippen LogP contribution in [-0.4, -0.2) is 29.1 Å². The first kappa shape index (κ1) is 18.1. The smallest absolute Gasteiger partial charge is 0.308 e. The van der Waals surface area contributed by atoms with Crippen molar-refractivity contribution in [1.29, 1.82) is 0 Å². The molecule has 20 heavy (non-hydrogen) atoms. The maximum absolute atomic E-state index is 13.4. The molecular weight excluding hydrogens is 277 g/mol.